The van der Waals surface area contributed by atoms with Crippen LogP contribution in [0, 0.1) is 11.8 Å². The maximum absolute atomic E-state index is 13.0. The summed E-state index contributed by atoms with van der Waals surface area (Å²) >= 11 is 0. The summed E-state index contributed by atoms with van der Waals surface area (Å²) in [5, 5.41) is 8.75. The summed E-state index contributed by atoms with van der Waals surface area (Å²) in [6, 6.07) is -0.497. The average Bonchev–Trinajstić information content (AvgIpc) is 3.53. The number of fused-ring (bicyclic) bond motifs is 1. The fourth-order valence-corrected chi connectivity index (χ4v) is 3.28. The van der Waals surface area contributed by atoms with Gasteiger partial charge in [-0.15, -0.1) is 0 Å². The SMILES string of the molecule is NC12N=C(C(=O)CCC(=O)O)N=C1C(=O)N(CC1CC1)C(=O)N2CC1CC1. The molecule has 2 aliphatic heterocycles. The third-order valence-electron chi connectivity index (χ3n) is 5.25. The zero-order chi connectivity index (χ0) is 19.3. The number of carboxylic acid groups (broad SMARTS) is 1. The van der Waals surface area contributed by atoms with Gasteiger partial charge in [-0.2, -0.15) is 0 Å². The lowest BCUT2D eigenvalue weighted by Crippen LogP contribution is -2.72. The molecule has 0 aromatic rings. The Kier molecular flexibility index (Phi) is 4.10. The number of Topliss-reactive ketones (excluding diaryl/α,β-unsaturated/α-hetero) is 1. The molecule has 0 aromatic heterocycles. The number of nitrogens with two attached hydrogens (primary N) is 1. The highest BCUT2D eigenvalue weighted by molar-refractivity contribution is 6.54. The molecule has 1 saturated heterocycles. The van der Waals surface area contributed by atoms with E-state index in [0.717, 1.165) is 30.6 Å². The number of ketones is 1. The monoisotopic (exact) mass is 375 g/mol. The van der Waals surface area contributed by atoms with Crippen LogP contribution in [0.3, 0.4) is 0 Å². The van der Waals surface area contributed by atoms with Gasteiger partial charge in [0.1, 0.15) is 0 Å². The fraction of sp³-hybridized carbons (Fsp3) is 0.647. The number of nitrogens with zero attached hydrogens (tertiary/aromatic N) is 4. The smallest absolute Gasteiger partial charge is 0.330 e. The van der Waals surface area contributed by atoms with Crippen LogP contribution in [0.15, 0.2) is 9.98 Å². The van der Waals surface area contributed by atoms with E-state index in [1.807, 2.05) is 0 Å². The van der Waals surface area contributed by atoms with Gasteiger partial charge in [0.05, 0.1) is 6.42 Å². The van der Waals surface area contributed by atoms with Gasteiger partial charge in [0.2, 0.25) is 5.79 Å². The van der Waals surface area contributed by atoms with Crippen LogP contribution < -0.4 is 5.73 Å². The van der Waals surface area contributed by atoms with Crippen molar-refractivity contribution in [1.82, 2.24) is 9.80 Å². The topological polar surface area (TPSA) is 146 Å². The number of aliphatic carboxylic acids is 1. The first kappa shape index (κ1) is 17.8. The standard InChI is InChI=1S/C17H21N5O5/c18-17-13(19-14(20-17)11(23)5-6-12(24)25)15(26)21(7-9-1-2-9)16(27)22(17)8-10-3-4-10/h9-10H,1-8,18H2,(H,24,25). The lowest BCUT2D eigenvalue weighted by Gasteiger charge is -2.43. The van der Waals surface area contributed by atoms with Crippen LogP contribution in [-0.2, 0) is 14.4 Å². The minimum atomic E-state index is -1.79. The molecule has 10 nitrogen and oxygen atoms in total. The Balaban J connectivity index is 1.64. The lowest BCUT2D eigenvalue weighted by molar-refractivity contribution is -0.138. The Morgan fingerprint density at radius 2 is 1.74 bits per heavy atom. The molecule has 3 fully saturated rings. The molecule has 0 bridgehead atoms. The highest BCUT2D eigenvalue weighted by Crippen LogP contribution is 2.37. The van der Waals surface area contributed by atoms with Gasteiger partial charge in [-0.1, -0.05) is 0 Å². The summed E-state index contributed by atoms with van der Waals surface area (Å²) in [4.78, 5) is 59.4. The highest BCUT2D eigenvalue weighted by atomic mass is 16.4. The van der Waals surface area contributed by atoms with Crippen molar-refractivity contribution >= 4 is 35.2 Å². The van der Waals surface area contributed by atoms with Crippen molar-refractivity contribution in [2.45, 2.75) is 44.3 Å². The van der Waals surface area contributed by atoms with Crippen molar-refractivity contribution in [3.63, 3.8) is 0 Å². The number of hydrogen-bond acceptors (Lipinski definition) is 7. The Labute approximate surface area is 155 Å². The Bertz CT molecular complexity index is 798. The van der Waals surface area contributed by atoms with Crippen molar-refractivity contribution in [2.75, 3.05) is 13.1 Å². The van der Waals surface area contributed by atoms with Gasteiger partial charge in [-0.3, -0.25) is 29.9 Å². The molecule has 4 rings (SSSR count). The minimum absolute atomic E-state index is 0.137. The summed E-state index contributed by atoms with van der Waals surface area (Å²) in [6.45, 7) is 0.666. The summed E-state index contributed by atoms with van der Waals surface area (Å²) in [6.07, 6.45) is 3.21. The number of carbonyl (C=O) groups excluding carboxylic acids is 3. The van der Waals surface area contributed by atoms with Crippen LogP contribution in [0.5, 0.6) is 0 Å². The van der Waals surface area contributed by atoms with Crippen molar-refractivity contribution in [3.05, 3.63) is 0 Å². The molecule has 27 heavy (non-hydrogen) atoms. The van der Waals surface area contributed by atoms with E-state index >= 15 is 0 Å². The second-order valence-corrected chi connectivity index (χ2v) is 7.63. The summed E-state index contributed by atoms with van der Waals surface area (Å²) in [5.41, 5.74) is 6.19. The molecule has 3 amide bonds. The molecule has 10 heteroatoms. The number of aliphatic imine (C=N–C) groups is 2. The maximum atomic E-state index is 13.0. The Morgan fingerprint density at radius 3 is 2.33 bits per heavy atom. The molecular weight excluding hydrogens is 354 g/mol. The van der Waals surface area contributed by atoms with Gasteiger partial charge in [0, 0.05) is 19.5 Å². The van der Waals surface area contributed by atoms with E-state index in [2.05, 4.69) is 9.98 Å². The molecule has 1 unspecified atom stereocenters. The Morgan fingerprint density at radius 1 is 1.11 bits per heavy atom. The molecule has 1 atom stereocenters. The molecule has 2 aliphatic carbocycles. The van der Waals surface area contributed by atoms with Crippen molar-refractivity contribution in [3.8, 4) is 0 Å². The van der Waals surface area contributed by atoms with Crippen LogP contribution in [0.2, 0.25) is 0 Å². The van der Waals surface area contributed by atoms with E-state index < -0.39 is 29.5 Å². The van der Waals surface area contributed by atoms with Gasteiger partial charge in [-0.25, -0.2) is 14.8 Å². The van der Waals surface area contributed by atoms with Crippen LogP contribution in [0.1, 0.15) is 38.5 Å². The first-order valence-electron chi connectivity index (χ1n) is 9.16. The molecule has 2 heterocycles. The van der Waals surface area contributed by atoms with Crippen molar-refractivity contribution < 1.29 is 24.3 Å². The van der Waals surface area contributed by atoms with Crippen LogP contribution >= 0.6 is 0 Å². The minimum Gasteiger partial charge on any atom is -0.481 e. The van der Waals surface area contributed by atoms with E-state index in [0.29, 0.717) is 24.9 Å². The molecule has 2 saturated carbocycles. The van der Waals surface area contributed by atoms with Crippen LogP contribution in [-0.4, -0.2) is 69.0 Å². The van der Waals surface area contributed by atoms with Crippen molar-refractivity contribution in [2.24, 2.45) is 27.6 Å². The number of imide groups is 1. The van der Waals surface area contributed by atoms with Gasteiger partial charge < -0.3 is 5.11 Å². The number of carboxylic acids is 1. The molecule has 0 radical (unpaired) electrons. The second kappa shape index (κ2) is 6.22. The Hall–Kier alpha value is -2.62. The first-order valence-corrected chi connectivity index (χ1v) is 9.16. The molecule has 3 N–H and O–H groups in total. The van der Waals surface area contributed by atoms with Gasteiger partial charge in [-0.05, 0) is 37.5 Å². The van der Waals surface area contributed by atoms with Crippen LogP contribution in [0.25, 0.3) is 0 Å². The van der Waals surface area contributed by atoms with E-state index in [4.69, 9.17) is 10.8 Å². The van der Waals surface area contributed by atoms with Crippen molar-refractivity contribution in [1.29, 1.82) is 0 Å². The predicted octanol–water partition coefficient (Wildman–Crippen LogP) is -0.0299. The van der Waals surface area contributed by atoms with E-state index in [-0.39, 0.29) is 24.4 Å². The van der Waals surface area contributed by atoms with Gasteiger partial charge in [0.25, 0.3) is 5.91 Å². The number of carbonyl (C=O) groups is 4. The van der Waals surface area contributed by atoms with E-state index in [1.165, 1.54) is 4.90 Å². The highest BCUT2D eigenvalue weighted by Gasteiger charge is 2.57. The number of amides is 3. The van der Waals surface area contributed by atoms with Gasteiger partial charge >= 0.3 is 12.0 Å². The number of urea groups is 1. The lowest BCUT2D eigenvalue weighted by atomic mass is 10.1. The van der Waals surface area contributed by atoms with Gasteiger partial charge in [0.15, 0.2) is 17.3 Å². The number of rotatable bonds is 8. The largest absolute Gasteiger partial charge is 0.481 e. The number of amidine groups is 1. The van der Waals surface area contributed by atoms with Crippen LogP contribution in [0.4, 0.5) is 4.79 Å². The zero-order valence-electron chi connectivity index (χ0n) is 14.8. The third kappa shape index (κ3) is 3.25. The average molecular weight is 375 g/mol. The molecule has 144 valence electrons. The third-order valence-corrected chi connectivity index (χ3v) is 5.25. The summed E-state index contributed by atoms with van der Waals surface area (Å²) in [5.74, 6) is -3.82. The summed E-state index contributed by atoms with van der Waals surface area (Å²) < 4.78 is 0. The fourth-order valence-electron chi connectivity index (χ4n) is 3.28. The zero-order valence-corrected chi connectivity index (χ0v) is 14.8. The normalized spacial score (nSPS) is 27.4. The molecule has 0 aromatic carbocycles. The van der Waals surface area contributed by atoms with E-state index in [1.54, 1.807) is 0 Å². The maximum Gasteiger partial charge on any atom is 0.330 e. The second-order valence-electron chi connectivity index (χ2n) is 7.63. The first-order chi connectivity index (χ1) is 12.8. The molecule has 4 aliphatic rings. The predicted molar refractivity (Wildman–Crippen MR) is 92.9 cm³/mol. The molecular formula is C17H21N5O5. The quantitative estimate of drug-likeness (QED) is 0.609. The van der Waals surface area contributed by atoms with E-state index in [9.17, 15) is 19.2 Å². The summed E-state index contributed by atoms with van der Waals surface area (Å²) in [7, 11) is 0. The molecule has 0 spiro atoms. The number of hydrogen-bond donors (Lipinski definition) is 2.